The minimum Gasteiger partial charge on any atom is -0.497 e. The summed E-state index contributed by atoms with van der Waals surface area (Å²) in [6.07, 6.45) is 2.29. The van der Waals surface area contributed by atoms with E-state index in [0.29, 0.717) is 18.8 Å². The molecule has 1 aromatic carbocycles. The summed E-state index contributed by atoms with van der Waals surface area (Å²) in [6.45, 7) is 2.22. The van der Waals surface area contributed by atoms with Gasteiger partial charge in [0.05, 0.1) is 13.0 Å². The zero-order chi connectivity index (χ0) is 14.5. The number of rotatable bonds is 6. The summed E-state index contributed by atoms with van der Waals surface area (Å²) in [5.74, 6) is 0.218. The highest BCUT2D eigenvalue weighted by Crippen LogP contribution is 2.25. The lowest BCUT2D eigenvalue weighted by Crippen LogP contribution is -2.22. The van der Waals surface area contributed by atoms with E-state index in [-0.39, 0.29) is 0 Å². The predicted octanol–water partition coefficient (Wildman–Crippen LogP) is 2.77. The third kappa shape index (κ3) is 2.99. The Morgan fingerprint density at radius 2 is 2.25 bits per heavy atom. The van der Waals surface area contributed by atoms with Crippen LogP contribution in [0.1, 0.15) is 13.3 Å². The molecule has 0 aliphatic rings. The van der Waals surface area contributed by atoms with E-state index in [1.54, 1.807) is 13.3 Å². The molecule has 2 N–H and O–H groups in total. The number of carboxylic acid groups (broad SMARTS) is 1. The molecule has 0 saturated carbocycles. The van der Waals surface area contributed by atoms with Gasteiger partial charge in [-0.15, -0.1) is 0 Å². The van der Waals surface area contributed by atoms with E-state index in [1.165, 1.54) is 0 Å². The van der Waals surface area contributed by atoms with E-state index < -0.39 is 11.9 Å². The van der Waals surface area contributed by atoms with Crippen molar-refractivity contribution >= 4 is 22.6 Å². The summed E-state index contributed by atoms with van der Waals surface area (Å²) >= 11 is 0. The zero-order valence-electron chi connectivity index (χ0n) is 11.6. The predicted molar refractivity (Wildman–Crippen MR) is 78.2 cm³/mol. The van der Waals surface area contributed by atoms with Crippen LogP contribution in [0.2, 0.25) is 0 Å². The molecule has 0 bridgehead atoms. The SMILES string of the molecule is CCC(CNc1nccc2ccc(OC)cc12)C(=O)O. The molecule has 5 nitrogen and oxygen atoms in total. The van der Waals surface area contributed by atoms with Crippen molar-refractivity contribution in [2.75, 3.05) is 19.0 Å². The summed E-state index contributed by atoms with van der Waals surface area (Å²) in [6, 6.07) is 7.65. The Hall–Kier alpha value is -2.30. The van der Waals surface area contributed by atoms with Gasteiger partial charge >= 0.3 is 5.97 Å². The Bertz CT molecular complexity index is 613. The number of aliphatic carboxylic acids is 1. The van der Waals surface area contributed by atoms with Gasteiger partial charge in [0.25, 0.3) is 0 Å². The van der Waals surface area contributed by atoms with Crippen LogP contribution in [0.25, 0.3) is 10.8 Å². The molecule has 0 aliphatic carbocycles. The normalized spacial score (nSPS) is 12.1. The number of anilines is 1. The van der Waals surface area contributed by atoms with Gasteiger partial charge in [0.2, 0.25) is 0 Å². The molecule has 5 heteroatoms. The average molecular weight is 274 g/mol. The molecule has 1 unspecified atom stereocenters. The summed E-state index contributed by atoms with van der Waals surface area (Å²) in [7, 11) is 1.61. The van der Waals surface area contributed by atoms with Crippen LogP contribution < -0.4 is 10.1 Å². The minimum absolute atomic E-state index is 0.356. The topological polar surface area (TPSA) is 71.5 Å². The fourth-order valence-corrected chi connectivity index (χ4v) is 2.04. The second kappa shape index (κ2) is 6.23. The molecule has 0 saturated heterocycles. The van der Waals surface area contributed by atoms with Crippen LogP contribution in [-0.4, -0.2) is 29.7 Å². The number of nitrogens with zero attached hydrogens (tertiary/aromatic N) is 1. The van der Waals surface area contributed by atoms with Crippen molar-refractivity contribution in [1.82, 2.24) is 4.98 Å². The van der Waals surface area contributed by atoms with E-state index in [1.807, 2.05) is 31.2 Å². The second-order valence-corrected chi connectivity index (χ2v) is 4.57. The van der Waals surface area contributed by atoms with E-state index in [9.17, 15) is 4.79 Å². The maximum Gasteiger partial charge on any atom is 0.308 e. The maximum absolute atomic E-state index is 11.0. The first kappa shape index (κ1) is 14.1. The molecule has 2 rings (SSSR count). The van der Waals surface area contributed by atoms with Gasteiger partial charge in [-0.3, -0.25) is 4.79 Å². The van der Waals surface area contributed by atoms with Gasteiger partial charge in [-0.2, -0.15) is 0 Å². The minimum atomic E-state index is -0.794. The number of nitrogens with one attached hydrogen (secondary N) is 1. The van der Waals surface area contributed by atoms with Crippen LogP contribution in [0.15, 0.2) is 30.5 Å². The van der Waals surface area contributed by atoms with Gasteiger partial charge in [-0.25, -0.2) is 4.98 Å². The monoisotopic (exact) mass is 274 g/mol. The number of fused-ring (bicyclic) bond motifs is 1. The van der Waals surface area contributed by atoms with Crippen LogP contribution in [-0.2, 0) is 4.79 Å². The Kier molecular flexibility index (Phi) is 4.40. The molecule has 0 spiro atoms. The van der Waals surface area contributed by atoms with Crippen LogP contribution in [0.3, 0.4) is 0 Å². The van der Waals surface area contributed by atoms with Gasteiger partial charge in [0.1, 0.15) is 11.6 Å². The number of ether oxygens (including phenoxy) is 1. The molecular weight excluding hydrogens is 256 g/mol. The van der Waals surface area contributed by atoms with Crippen LogP contribution >= 0.6 is 0 Å². The molecule has 0 fully saturated rings. The van der Waals surface area contributed by atoms with Crippen molar-refractivity contribution in [3.8, 4) is 5.75 Å². The average Bonchev–Trinajstić information content (AvgIpc) is 2.47. The quantitative estimate of drug-likeness (QED) is 0.847. The summed E-state index contributed by atoms with van der Waals surface area (Å²) in [5, 5.41) is 14.1. The van der Waals surface area contributed by atoms with E-state index >= 15 is 0 Å². The van der Waals surface area contributed by atoms with Crippen LogP contribution in [0, 0.1) is 5.92 Å². The highest BCUT2D eigenvalue weighted by atomic mass is 16.5. The molecular formula is C15H18N2O3. The number of benzene rings is 1. The number of hydrogen-bond donors (Lipinski definition) is 2. The first-order valence-electron chi connectivity index (χ1n) is 6.55. The Balaban J connectivity index is 2.27. The van der Waals surface area contributed by atoms with Crippen molar-refractivity contribution in [2.45, 2.75) is 13.3 Å². The summed E-state index contributed by atoms with van der Waals surface area (Å²) in [5.41, 5.74) is 0. The first-order valence-corrected chi connectivity index (χ1v) is 6.55. The van der Waals surface area contributed by atoms with Gasteiger partial charge < -0.3 is 15.2 Å². The molecule has 1 aromatic heterocycles. The van der Waals surface area contributed by atoms with Gasteiger partial charge in [0, 0.05) is 18.1 Å². The van der Waals surface area contributed by atoms with Crippen molar-refractivity contribution in [1.29, 1.82) is 0 Å². The molecule has 0 amide bonds. The first-order chi connectivity index (χ1) is 9.65. The highest BCUT2D eigenvalue weighted by Gasteiger charge is 2.15. The Morgan fingerprint density at radius 3 is 2.90 bits per heavy atom. The van der Waals surface area contributed by atoms with Crippen molar-refractivity contribution in [2.24, 2.45) is 5.92 Å². The van der Waals surface area contributed by atoms with E-state index in [0.717, 1.165) is 16.5 Å². The molecule has 106 valence electrons. The Morgan fingerprint density at radius 1 is 1.45 bits per heavy atom. The van der Waals surface area contributed by atoms with E-state index in [2.05, 4.69) is 10.3 Å². The van der Waals surface area contributed by atoms with Crippen LogP contribution in [0.5, 0.6) is 5.75 Å². The smallest absolute Gasteiger partial charge is 0.308 e. The molecule has 1 heterocycles. The number of carboxylic acids is 1. The fraction of sp³-hybridized carbons (Fsp3) is 0.333. The lowest BCUT2D eigenvalue weighted by Gasteiger charge is -2.13. The third-order valence-corrected chi connectivity index (χ3v) is 3.33. The number of carbonyl (C=O) groups is 1. The van der Waals surface area contributed by atoms with Gasteiger partial charge in [0.15, 0.2) is 0 Å². The van der Waals surface area contributed by atoms with Crippen molar-refractivity contribution < 1.29 is 14.6 Å². The van der Waals surface area contributed by atoms with Gasteiger partial charge in [-0.05, 0) is 30.0 Å². The molecule has 0 radical (unpaired) electrons. The molecule has 20 heavy (non-hydrogen) atoms. The highest BCUT2D eigenvalue weighted by molar-refractivity contribution is 5.92. The Labute approximate surface area is 117 Å². The maximum atomic E-state index is 11.0. The molecule has 2 aromatic rings. The lowest BCUT2D eigenvalue weighted by molar-refractivity contribution is -0.141. The summed E-state index contributed by atoms with van der Waals surface area (Å²) < 4.78 is 5.21. The molecule has 0 aliphatic heterocycles. The largest absolute Gasteiger partial charge is 0.497 e. The third-order valence-electron chi connectivity index (χ3n) is 3.33. The number of hydrogen-bond acceptors (Lipinski definition) is 4. The van der Waals surface area contributed by atoms with Crippen LogP contribution in [0.4, 0.5) is 5.82 Å². The molecule has 1 atom stereocenters. The second-order valence-electron chi connectivity index (χ2n) is 4.57. The standard InChI is InChI=1S/C15H18N2O3/c1-3-10(15(18)19)9-17-14-13-8-12(20-2)5-4-11(13)6-7-16-14/h4-8,10H,3,9H2,1-2H3,(H,16,17)(H,18,19). The number of pyridine rings is 1. The zero-order valence-corrected chi connectivity index (χ0v) is 11.6. The lowest BCUT2D eigenvalue weighted by atomic mass is 10.1. The van der Waals surface area contributed by atoms with E-state index in [4.69, 9.17) is 9.84 Å². The number of methoxy groups -OCH3 is 1. The van der Waals surface area contributed by atoms with Gasteiger partial charge in [-0.1, -0.05) is 13.0 Å². The van der Waals surface area contributed by atoms with Crippen molar-refractivity contribution in [3.05, 3.63) is 30.5 Å². The fourth-order valence-electron chi connectivity index (χ4n) is 2.04. The van der Waals surface area contributed by atoms with Crippen molar-refractivity contribution in [3.63, 3.8) is 0 Å². The number of aromatic nitrogens is 1. The summed E-state index contributed by atoms with van der Waals surface area (Å²) in [4.78, 5) is 15.3.